The third kappa shape index (κ3) is 1.16. The van der Waals surface area contributed by atoms with Gasteiger partial charge in [-0.05, 0) is 0 Å². The maximum absolute atomic E-state index is 5.75. The Morgan fingerprint density at radius 3 is 2.00 bits per heavy atom. The molecule has 0 N–H and O–H groups in total. The summed E-state index contributed by atoms with van der Waals surface area (Å²) in [5.41, 5.74) is 0. The second-order valence-corrected chi connectivity index (χ2v) is 9.35. The molecule has 1 nitrogen and oxygen atoms in total. The molecule has 0 aromatic heterocycles. The molecular weight excluding hydrogens is 152 g/mol. The Bertz CT molecular complexity index is 115. The Balaban J connectivity index is 2.60. The first-order valence-corrected chi connectivity index (χ1v) is 7.25. The van der Waals surface area contributed by atoms with Crippen molar-refractivity contribution in [3.05, 3.63) is 0 Å². The van der Waals surface area contributed by atoms with E-state index in [1.165, 1.54) is 0 Å². The molecule has 0 aromatic rings. The van der Waals surface area contributed by atoms with E-state index < -0.39 is 8.07 Å². The van der Waals surface area contributed by atoms with E-state index >= 15 is 0 Å². The van der Waals surface area contributed by atoms with Crippen molar-refractivity contribution in [3.8, 4) is 0 Å². The van der Waals surface area contributed by atoms with Crippen molar-refractivity contribution in [2.24, 2.45) is 0 Å². The Morgan fingerprint density at radius 2 is 2.00 bits per heavy atom. The molecule has 0 aromatic carbocycles. The molecule has 0 saturated carbocycles. The van der Waals surface area contributed by atoms with Gasteiger partial charge in [-0.15, -0.1) is 11.6 Å². The van der Waals surface area contributed by atoms with Crippen LogP contribution in [0, 0.1) is 0 Å². The highest BCUT2D eigenvalue weighted by Crippen LogP contribution is 2.37. The van der Waals surface area contributed by atoms with E-state index in [2.05, 4.69) is 19.6 Å². The van der Waals surface area contributed by atoms with Crippen molar-refractivity contribution in [2.75, 3.05) is 12.5 Å². The zero-order chi connectivity index (χ0) is 7.12. The Hall–Kier alpha value is 0.467. The van der Waals surface area contributed by atoms with Crippen LogP contribution in [0.15, 0.2) is 0 Å². The third-order valence-electron chi connectivity index (χ3n) is 2.08. The van der Waals surface area contributed by atoms with Crippen LogP contribution in [0.4, 0.5) is 0 Å². The van der Waals surface area contributed by atoms with Gasteiger partial charge in [0.2, 0.25) is 0 Å². The highest BCUT2D eigenvalue weighted by Gasteiger charge is 2.54. The summed E-state index contributed by atoms with van der Waals surface area (Å²) in [6, 6.07) is 0. The van der Waals surface area contributed by atoms with E-state index in [9.17, 15) is 0 Å². The van der Waals surface area contributed by atoms with Crippen LogP contribution < -0.4 is 0 Å². The lowest BCUT2D eigenvalue weighted by molar-refractivity contribution is 0.388. The molecule has 1 aliphatic heterocycles. The summed E-state index contributed by atoms with van der Waals surface area (Å²) in [4.78, 5) is 0. The molecule has 1 heterocycles. The summed E-state index contributed by atoms with van der Waals surface area (Å²) in [5.74, 6) is 0.683. The second kappa shape index (κ2) is 1.97. The fourth-order valence-corrected chi connectivity index (χ4v) is 3.49. The minimum absolute atomic E-state index is 0.133. The van der Waals surface area contributed by atoms with Crippen molar-refractivity contribution in [2.45, 2.75) is 24.9 Å². The van der Waals surface area contributed by atoms with Gasteiger partial charge in [0.1, 0.15) is 0 Å². The Morgan fingerprint density at radius 1 is 1.56 bits per heavy atom. The van der Waals surface area contributed by atoms with Gasteiger partial charge in [-0.1, -0.05) is 19.6 Å². The van der Waals surface area contributed by atoms with Crippen molar-refractivity contribution in [1.29, 1.82) is 0 Å². The minimum Gasteiger partial charge on any atom is -0.372 e. The van der Waals surface area contributed by atoms with Crippen LogP contribution in [0.25, 0.3) is 0 Å². The van der Waals surface area contributed by atoms with E-state index in [-0.39, 0.29) is 5.22 Å². The molecule has 0 amide bonds. The predicted molar refractivity (Wildman–Crippen MR) is 42.7 cm³/mol. The molecule has 0 unspecified atom stereocenters. The molecule has 1 fully saturated rings. The van der Waals surface area contributed by atoms with E-state index in [1.807, 2.05) is 0 Å². The molecule has 9 heavy (non-hydrogen) atoms. The molecular formula is C6H13ClOSi. The molecule has 1 aliphatic rings. The highest BCUT2D eigenvalue weighted by atomic mass is 35.5. The number of hydrogen-bond donors (Lipinski definition) is 0. The summed E-state index contributed by atoms with van der Waals surface area (Å²) in [5, 5.41) is 0.133. The van der Waals surface area contributed by atoms with Crippen LogP contribution in [0.1, 0.15) is 0 Å². The van der Waals surface area contributed by atoms with E-state index in [0.717, 1.165) is 6.61 Å². The number of hydrogen-bond acceptors (Lipinski definition) is 1. The largest absolute Gasteiger partial charge is 0.372 e. The van der Waals surface area contributed by atoms with Gasteiger partial charge >= 0.3 is 0 Å². The lowest BCUT2D eigenvalue weighted by Gasteiger charge is -2.22. The molecule has 0 spiro atoms. The minimum atomic E-state index is -1.13. The second-order valence-electron chi connectivity index (χ2n) is 3.67. The van der Waals surface area contributed by atoms with Gasteiger partial charge in [0.15, 0.2) is 0 Å². The summed E-state index contributed by atoms with van der Waals surface area (Å²) in [6.45, 7) is 7.78. The molecule has 1 saturated heterocycles. The Kier molecular flexibility index (Phi) is 1.66. The molecule has 0 radical (unpaired) electrons. The van der Waals surface area contributed by atoms with Gasteiger partial charge in [0, 0.05) is 0 Å². The van der Waals surface area contributed by atoms with Gasteiger partial charge in [-0.3, -0.25) is 0 Å². The van der Waals surface area contributed by atoms with Crippen LogP contribution in [0.3, 0.4) is 0 Å². The molecule has 3 heteroatoms. The van der Waals surface area contributed by atoms with Gasteiger partial charge in [-0.25, -0.2) is 0 Å². The standard InChI is InChI=1S/C6H13ClOSi/c1-9(2,3)6(4-7)5-8-6/h4-5H2,1-3H3/t6-/m0/s1. The molecule has 1 atom stereocenters. The predicted octanol–water partition coefficient (Wildman–Crippen LogP) is 1.87. The van der Waals surface area contributed by atoms with Crippen LogP contribution >= 0.6 is 11.6 Å². The number of halogens is 1. The SMILES string of the molecule is C[Si](C)(C)[C@@]1(CCl)CO1. The van der Waals surface area contributed by atoms with Crippen LogP contribution in [-0.4, -0.2) is 25.8 Å². The lowest BCUT2D eigenvalue weighted by atomic mass is 10.5. The molecule has 0 bridgehead atoms. The smallest absolute Gasteiger partial charge is 0.0940 e. The monoisotopic (exact) mass is 164 g/mol. The maximum atomic E-state index is 5.75. The lowest BCUT2D eigenvalue weighted by Crippen LogP contribution is -2.43. The topological polar surface area (TPSA) is 12.5 Å². The number of rotatable bonds is 2. The molecule has 1 rings (SSSR count). The van der Waals surface area contributed by atoms with Crippen molar-refractivity contribution >= 4 is 19.7 Å². The molecule has 54 valence electrons. The zero-order valence-electron chi connectivity index (χ0n) is 6.20. The normalized spacial score (nSPS) is 34.7. The molecule has 0 aliphatic carbocycles. The van der Waals surface area contributed by atoms with Crippen LogP contribution in [-0.2, 0) is 4.74 Å². The number of epoxide rings is 1. The zero-order valence-corrected chi connectivity index (χ0v) is 7.96. The summed E-state index contributed by atoms with van der Waals surface area (Å²) < 4.78 is 5.34. The van der Waals surface area contributed by atoms with E-state index in [4.69, 9.17) is 16.3 Å². The van der Waals surface area contributed by atoms with E-state index in [0.29, 0.717) is 5.88 Å². The van der Waals surface area contributed by atoms with Crippen LogP contribution in [0.2, 0.25) is 19.6 Å². The summed E-state index contributed by atoms with van der Waals surface area (Å²) >= 11 is 5.75. The van der Waals surface area contributed by atoms with Crippen molar-refractivity contribution in [1.82, 2.24) is 0 Å². The average molecular weight is 165 g/mol. The van der Waals surface area contributed by atoms with Gasteiger partial charge in [0.05, 0.1) is 25.8 Å². The first-order chi connectivity index (χ1) is 4.02. The third-order valence-corrected chi connectivity index (χ3v) is 5.93. The average Bonchev–Trinajstić information content (AvgIpc) is 2.40. The quantitative estimate of drug-likeness (QED) is 0.345. The fourth-order valence-electron chi connectivity index (χ4n) is 0.798. The highest BCUT2D eigenvalue weighted by molar-refractivity contribution is 6.80. The fraction of sp³-hybridized carbons (Fsp3) is 1.00. The Labute approximate surface area is 62.4 Å². The van der Waals surface area contributed by atoms with Gasteiger partial charge in [0.25, 0.3) is 0 Å². The van der Waals surface area contributed by atoms with Crippen LogP contribution in [0.5, 0.6) is 0 Å². The van der Waals surface area contributed by atoms with Gasteiger partial charge < -0.3 is 4.74 Å². The first-order valence-electron chi connectivity index (χ1n) is 3.22. The van der Waals surface area contributed by atoms with Crippen molar-refractivity contribution < 1.29 is 4.74 Å². The van der Waals surface area contributed by atoms with Gasteiger partial charge in [-0.2, -0.15) is 0 Å². The summed E-state index contributed by atoms with van der Waals surface area (Å²) in [6.07, 6.45) is 0. The number of ether oxygens (including phenoxy) is 1. The number of alkyl halides is 1. The summed E-state index contributed by atoms with van der Waals surface area (Å²) in [7, 11) is -1.13. The van der Waals surface area contributed by atoms with Crippen molar-refractivity contribution in [3.63, 3.8) is 0 Å². The maximum Gasteiger partial charge on any atom is 0.0940 e. The van der Waals surface area contributed by atoms with E-state index in [1.54, 1.807) is 0 Å². The first kappa shape index (κ1) is 7.57.